The van der Waals surface area contributed by atoms with Crippen molar-refractivity contribution in [3.05, 3.63) is 30.6 Å². The van der Waals surface area contributed by atoms with Crippen LogP contribution in [0.1, 0.15) is 13.8 Å². The van der Waals surface area contributed by atoms with E-state index in [9.17, 15) is 0 Å². The van der Waals surface area contributed by atoms with E-state index in [-0.39, 0.29) is 6.10 Å². The summed E-state index contributed by atoms with van der Waals surface area (Å²) in [6.45, 7) is 3.97. The molecule has 1 aromatic heterocycles. The third-order valence-electron chi connectivity index (χ3n) is 1.85. The SMILES string of the molecule is CC(C)Oc1ncnc2ccccc12. The molecule has 0 amide bonds. The average Bonchev–Trinajstić information content (AvgIpc) is 2.18. The number of nitrogens with zero attached hydrogens (tertiary/aromatic N) is 2. The molecule has 0 bridgehead atoms. The summed E-state index contributed by atoms with van der Waals surface area (Å²) in [6, 6.07) is 7.82. The molecule has 3 heteroatoms. The first-order valence-corrected chi connectivity index (χ1v) is 4.64. The van der Waals surface area contributed by atoms with Gasteiger partial charge in [-0.05, 0) is 26.0 Å². The first-order valence-electron chi connectivity index (χ1n) is 4.64. The molecule has 0 radical (unpaired) electrons. The summed E-state index contributed by atoms with van der Waals surface area (Å²) in [5, 5.41) is 0.962. The van der Waals surface area contributed by atoms with Crippen molar-refractivity contribution in [2.24, 2.45) is 0 Å². The number of hydrogen-bond donors (Lipinski definition) is 0. The van der Waals surface area contributed by atoms with Gasteiger partial charge in [0.2, 0.25) is 5.88 Å². The molecule has 2 aromatic rings. The van der Waals surface area contributed by atoms with Crippen LogP contribution in [0.5, 0.6) is 5.88 Å². The van der Waals surface area contributed by atoms with Gasteiger partial charge in [0.15, 0.2) is 0 Å². The van der Waals surface area contributed by atoms with Gasteiger partial charge in [0.25, 0.3) is 0 Å². The molecule has 0 saturated carbocycles. The zero-order chi connectivity index (χ0) is 9.97. The van der Waals surface area contributed by atoms with Crippen molar-refractivity contribution in [2.45, 2.75) is 20.0 Å². The summed E-state index contributed by atoms with van der Waals surface area (Å²) in [5.41, 5.74) is 0.915. The van der Waals surface area contributed by atoms with Crippen LogP contribution in [-0.2, 0) is 0 Å². The predicted octanol–water partition coefficient (Wildman–Crippen LogP) is 2.42. The number of benzene rings is 1. The van der Waals surface area contributed by atoms with E-state index in [1.807, 2.05) is 38.1 Å². The van der Waals surface area contributed by atoms with Crippen molar-refractivity contribution in [1.82, 2.24) is 9.97 Å². The van der Waals surface area contributed by atoms with Crippen LogP contribution in [0.4, 0.5) is 0 Å². The molecule has 0 unspecified atom stereocenters. The molecule has 72 valence electrons. The molecule has 0 aliphatic heterocycles. The largest absolute Gasteiger partial charge is 0.474 e. The van der Waals surface area contributed by atoms with Gasteiger partial charge in [0.05, 0.1) is 17.0 Å². The van der Waals surface area contributed by atoms with E-state index in [0.29, 0.717) is 5.88 Å². The summed E-state index contributed by atoms with van der Waals surface area (Å²) in [5.74, 6) is 0.658. The van der Waals surface area contributed by atoms with E-state index >= 15 is 0 Å². The van der Waals surface area contributed by atoms with Gasteiger partial charge in [0.1, 0.15) is 6.33 Å². The molecule has 3 nitrogen and oxygen atoms in total. The van der Waals surface area contributed by atoms with Crippen LogP contribution in [0.25, 0.3) is 10.9 Å². The van der Waals surface area contributed by atoms with E-state index < -0.39 is 0 Å². The minimum Gasteiger partial charge on any atom is -0.474 e. The second-order valence-electron chi connectivity index (χ2n) is 3.36. The molecule has 0 aliphatic rings. The predicted molar refractivity (Wildman–Crippen MR) is 55.3 cm³/mol. The Bertz CT molecular complexity index is 435. The van der Waals surface area contributed by atoms with Gasteiger partial charge in [-0.15, -0.1) is 0 Å². The number of hydrogen-bond acceptors (Lipinski definition) is 3. The molecule has 2 rings (SSSR count). The Morgan fingerprint density at radius 2 is 1.93 bits per heavy atom. The van der Waals surface area contributed by atoms with Crippen LogP contribution < -0.4 is 4.74 Å². The van der Waals surface area contributed by atoms with Crippen LogP contribution in [0.15, 0.2) is 30.6 Å². The monoisotopic (exact) mass is 188 g/mol. The molecule has 1 heterocycles. The number of aromatic nitrogens is 2. The van der Waals surface area contributed by atoms with Gasteiger partial charge >= 0.3 is 0 Å². The zero-order valence-electron chi connectivity index (χ0n) is 8.27. The van der Waals surface area contributed by atoms with E-state index in [0.717, 1.165) is 10.9 Å². The van der Waals surface area contributed by atoms with Crippen LogP contribution in [0.2, 0.25) is 0 Å². The normalized spacial score (nSPS) is 10.8. The molecule has 14 heavy (non-hydrogen) atoms. The number of ether oxygens (including phenoxy) is 1. The molecule has 0 fully saturated rings. The van der Waals surface area contributed by atoms with Crippen molar-refractivity contribution in [1.29, 1.82) is 0 Å². The quantitative estimate of drug-likeness (QED) is 0.726. The first kappa shape index (κ1) is 8.94. The Morgan fingerprint density at radius 1 is 1.14 bits per heavy atom. The number of rotatable bonds is 2. The topological polar surface area (TPSA) is 35.0 Å². The highest BCUT2D eigenvalue weighted by Gasteiger charge is 2.04. The first-order chi connectivity index (χ1) is 6.77. The second-order valence-corrected chi connectivity index (χ2v) is 3.36. The van der Waals surface area contributed by atoms with Gasteiger partial charge in [-0.25, -0.2) is 9.97 Å². The van der Waals surface area contributed by atoms with Crippen LogP contribution in [-0.4, -0.2) is 16.1 Å². The van der Waals surface area contributed by atoms with Crippen molar-refractivity contribution in [3.8, 4) is 5.88 Å². The summed E-state index contributed by atoms with van der Waals surface area (Å²) in [6.07, 6.45) is 1.66. The van der Waals surface area contributed by atoms with E-state index in [1.54, 1.807) is 0 Å². The molecule has 0 N–H and O–H groups in total. The van der Waals surface area contributed by atoms with Crippen molar-refractivity contribution in [3.63, 3.8) is 0 Å². The molecular weight excluding hydrogens is 176 g/mol. The van der Waals surface area contributed by atoms with Gasteiger partial charge < -0.3 is 4.74 Å². The summed E-state index contributed by atoms with van der Waals surface area (Å²) in [4.78, 5) is 8.27. The maximum atomic E-state index is 5.58. The Kier molecular flexibility index (Phi) is 2.31. The van der Waals surface area contributed by atoms with Crippen LogP contribution in [0.3, 0.4) is 0 Å². The van der Waals surface area contributed by atoms with Gasteiger partial charge in [-0.1, -0.05) is 12.1 Å². The molecule has 1 aromatic carbocycles. The Balaban J connectivity index is 2.53. The van der Waals surface area contributed by atoms with Gasteiger partial charge in [-0.2, -0.15) is 0 Å². The Labute approximate surface area is 82.8 Å². The molecule has 0 atom stereocenters. The highest BCUT2D eigenvalue weighted by atomic mass is 16.5. The summed E-state index contributed by atoms with van der Waals surface area (Å²) >= 11 is 0. The minimum absolute atomic E-state index is 0.133. The maximum absolute atomic E-state index is 5.58. The molecule has 0 spiro atoms. The van der Waals surface area contributed by atoms with Gasteiger partial charge in [0, 0.05) is 0 Å². The average molecular weight is 188 g/mol. The second kappa shape index (κ2) is 3.62. The fraction of sp³-hybridized carbons (Fsp3) is 0.273. The summed E-state index contributed by atoms with van der Waals surface area (Å²) in [7, 11) is 0. The molecule has 0 saturated heterocycles. The zero-order valence-corrected chi connectivity index (χ0v) is 8.27. The van der Waals surface area contributed by atoms with Crippen molar-refractivity contribution < 1.29 is 4.74 Å². The van der Waals surface area contributed by atoms with Gasteiger partial charge in [-0.3, -0.25) is 0 Å². The van der Waals surface area contributed by atoms with Crippen molar-refractivity contribution in [2.75, 3.05) is 0 Å². The number of fused-ring (bicyclic) bond motifs is 1. The lowest BCUT2D eigenvalue weighted by Crippen LogP contribution is -2.07. The lowest BCUT2D eigenvalue weighted by molar-refractivity contribution is 0.235. The third-order valence-corrected chi connectivity index (χ3v) is 1.85. The fourth-order valence-corrected chi connectivity index (χ4v) is 1.30. The Hall–Kier alpha value is -1.64. The van der Waals surface area contributed by atoms with E-state index in [2.05, 4.69) is 9.97 Å². The third kappa shape index (κ3) is 1.66. The maximum Gasteiger partial charge on any atom is 0.224 e. The van der Waals surface area contributed by atoms with E-state index in [1.165, 1.54) is 6.33 Å². The fourth-order valence-electron chi connectivity index (χ4n) is 1.30. The number of para-hydroxylation sites is 1. The summed E-state index contributed by atoms with van der Waals surface area (Å²) < 4.78 is 5.58. The van der Waals surface area contributed by atoms with Crippen LogP contribution >= 0.6 is 0 Å². The Morgan fingerprint density at radius 3 is 2.71 bits per heavy atom. The smallest absolute Gasteiger partial charge is 0.224 e. The highest BCUT2D eigenvalue weighted by Crippen LogP contribution is 2.21. The lowest BCUT2D eigenvalue weighted by Gasteiger charge is -2.09. The minimum atomic E-state index is 0.133. The van der Waals surface area contributed by atoms with Crippen LogP contribution in [0, 0.1) is 0 Å². The standard InChI is InChI=1S/C11H12N2O/c1-8(2)14-11-9-5-3-4-6-10(9)12-7-13-11/h3-8H,1-2H3. The molecule has 0 aliphatic carbocycles. The highest BCUT2D eigenvalue weighted by molar-refractivity contribution is 5.82. The van der Waals surface area contributed by atoms with E-state index in [4.69, 9.17) is 4.74 Å². The lowest BCUT2D eigenvalue weighted by atomic mass is 10.2. The van der Waals surface area contributed by atoms with Crippen molar-refractivity contribution >= 4 is 10.9 Å². The molecular formula is C11H12N2O.